The lowest BCUT2D eigenvalue weighted by Gasteiger charge is -2.18. The molecule has 0 heterocycles. The smallest absolute Gasteiger partial charge is 0.479 e. The van der Waals surface area contributed by atoms with Crippen molar-refractivity contribution in [2.75, 3.05) is 5.33 Å². The molecule has 0 radical (unpaired) electrons. The predicted octanol–water partition coefficient (Wildman–Crippen LogP) is 2.67. The summed E-state index contributed by atoms with van der Waals surface area (Å²) in [4.78, 5) is 22.7. The monoisotopic (exact) mass is 370 g/mol. The van der Waals surface area contributed by atoms with Gasteiger partial charge in [0.05, 0.1) is 0 Å². The largest absolute Gasteiger partial charge is 0.573 e. The summed E-state index contributed by atoms with van der Waals surface area (Å²) in [6.07, 6.45) is -7.46. The van der Waals surface area contributed by atoms with Crippen LogP contribution in [0.4, 0.5) is 13.2 Å². The summed E-state index contributed by atoms with van der Waals surface area (Å²) >= 11 is 2.99. The summed E-state index contributed by atoms with van der Waals surface area (Å²) < 4.78 is 40.7. The molecular weight excluding hydrogens is 361 g/mol. The molecule has 0 bridgehead atoms. The normalized spacial score (nSPS) is 12.8. The number of ether oxygens (including phenoxy) is 1. The summed E-state index contributed by atoms with van der Waals surface area (Å²) in [7, 11) is 0. The maximum absolute atomic E-state index is 12.3. The van der Waals surface area contributed by atoms with Gasteiger partial charge in [0.15, 0.2) is 11.9 Å². The van der Waals surface area contributed by atoms with Gasteiger partial charge in [-0.2, -0.15) is 0 Å². The fourth-order valence-electron chi connectivity index (χ4n) is 1.63. The molecule has 0 aliphatic carbocycles. The van der Waals surface area contributed by atoms with E-state index in [-0.39, 0.29) is 17.3 Å². The minimum absolute atomic E-state index is 0.0746. The molecule has 9 heteroatoms. The zero-order chi connectivity index (χ0) is 16.2. The molecule has 2 N–H and O–H groups in total. The SMILES string of the molecule is O=C(CCBr)c1cccc(OC(F)(F)F)c1C(O)C(=O)O. The molecular formula is C12H10BrF3O5. The van der Waals surface area contributed by atoms with Gasteiger partial charge in [-0.15, -0.1) is 13.2 Å². The van der Waals surface area contributed by atoms with Crippen molar-refractivity contribution in [3.8, 4) is 5.75 Å². The number of hydrogen-bond donors (Lipinski definition) is 2. The highest BCUT2D eigenvalue weighted by atomic mass is 79.9. The Labute approximate surface area is 125 Å². The molecule has 0 aliphatic heterocycles. The molecule has 0 aromatic heterocycles. The van der Waals surface area contributed by atoms with E-state index in [1.54, 1.807) is 0 Å². The van der Waals surface area contributed by atoms with Crippen LogP contribution in [-0.4, -0.2) is 33.7 Å². The number of alkyl halides is 4. The van der Waals surface area contributed by atoms with Crippen LogP contribution in [0.1, 0.15) is 28.4 Å². The standard InChI is InChI=1S/C12H10BrF3O5/c13-5-4-7(17)6-2-1-3-8(21-12(14,15)16)9(6)10(18)11(19)20/h1-3,10,18H,4-5H2,(H,19,20). The molecule has 0 fully saturated rings. The maximum Gasteiger partial charge on any atom is 0.573 e. The third kappa shape index (κ3) is 4.71. The van der Waals surface area contributed by atoms with Gasteiger partial charge in [0.2, 0.25) is 0 Å². The van der Waals surface area contributed by atoms with Gasteiger partial charge in [-0.1, -0.05) is 28.1 Å². The van der Waals surface area contributed by atoms with Crippen LogP contribution in [0.15, 0.2) is 18.2 Å². The van der Waals surface area contributed by atoms with Gasteiger partial charge < -0.3 is 14.9 Å². The van der Waals surface area contributed by atoms with E-state index < -0.39 is 35.5 Å². The first-order chi connectivity index (χ1) is 9.67. The second-order valence-corrected chi connectivity index (χ2v) is 4.66. The minimum Gasteiger partial charge on any atom is -0.479 e. The number of hydrogen-bond acceptors (Lipinski definition) is 4. The Hall–Kier alpha value is -1.61. The van der Waals surface area contributed by atoms with E-state index in [9.17, 15) is 27.9 Å². The third-order valence-corrected chi connectivity index (χ3v) is 2.82. The molecule has 1 atom stereocenters. The number of rotatable bonds is 6. The molecule has 0 saturated carbocycles. The van der Waals surface area contributed by atoms with Crippen LogP contribution in [0, 0.1) is 0 Å². The van der Waals surface area contributed by atoms with E-state index in [1.807, 2.05) is 0 Å². The first kappa shape index (κ1) is 17.4. The molecule has 1 aromatic carbocycles. The van der Waals surface area contributed by atoms with Crippen LogP contribution < -0.4 is 4.74 Å². The van der Waals surface area contributed by atoms with Gasteiger partial charge >= 0.3 is 12.3 Å². The summed E-state index contributed by atoms with van der Waals surface area (Å²) in [5.74, 6) is -3.33. The van der Waals surface area contributed by atoms with Crippen LogP contribution in [0.2, 0.25) is 0 Å². The lowest BCUT2D eigenvalue weighted by Crippen LogP contribution is -2.22. The van der Waals surface area contributed by atoms with E-state index in [2.05, 4.69) is 20.7 Å². The van der Waals surface area contributed by atoms with Crippen molar-refractivity contribution < 1.29 is 37.7 Å². The second kappa shape index (κ2) is 6.90. The molecule has 5 nitrogen and oxygen atoms in total. The lowest BCUT2D eigenvalue weighted by atomic mass is 9.97. The van der Waals surface area contributed by atoms with E-state index in [0.29, 0.717) is 0 Å². The number of carbonyl (C=O) groups is 2. The molecule has 116 valence electrons. The van der Waals surface area contributed by atoms with Crippen molar-refractivity contribution >= 4 is 27.7 Å². The molecule has 1 rings (SSSR count). The molecule has 1 unspecified atom stereocenters. The number of aliphatic carboxylic acids is 1. The fourth-order valence-corrected chi connectivity index (χ4v) is 1.99. The van der Waals surface area contributed by atoms with Crippen LogP contribution in [0.25, 0.3) is 0 Å². The van der Waals surface area contributed by atoms with Crippen molar-refractivity contribution in [1.29, 1.82) is 0 Å². The number of halogens is 4. The third-order valence-electron chi connectivity index (χ3n) is 2.42. The second-order valence-electron chi connectivity index (χ2n) is 3.87. The fraction of sp³-hybridized carbons (Fsp3) is 0.333. The number of Topliss-reactive ketones (excluding diaryl/α,β-unsaturated/α-hetero) is 1. The van der Waals surface area contributed by atoms with Gasteiger partial charge in [0.25, 0.3) is 0 Å². The van der Waals surface area contributed by atoms with Gasteiger partial charge in [-0.25, -0.2) is 4.79 Å². The van der Waals surface area contributed by atoms with Crippen molar-refractivity contribution in [2.45, 2.75) is 18.9 Å². The predicted molar refractivity (Wildman–Crippen MR) is 68.5 cm³/mol. The van der Waals surface area contributed by atoms with Crippen molar-refractivity contribution in [3.05, 3.63) is 29.3 Å². The van der Waals surface area contributed by atoms with E-state index in [0.717, 1.165) is 18.2 Å². The van der Waals surface area contributed by atoms with Crippen molar-refractivity contribution in [2.24, 2.45) is 0 Å². The lowest BCUT2D eigenvalue weighted by molar-refractivity contribution is -0.275. The first-order valence-corrected chi connectivity index (χ1v) is 6.68. The minimum atomic E-state index is -5.08. The number of benzene rings is 1. The average Bonchev–Trinajstić information content (AvgIpc) is 2.36. The summed E-state index contributed by atoms with van der Waals surface area (Å²) in [5, 5.41) is 18.6. The van der Waals surface area contributed by atoms with Gasteiger partial charge in [0, 0.05) is 22.9 Å². The Morgan fingerprint density at radius 2 is 1.95 bits per heavy atom. The van der Waals surface area contributed by atoms with Crippen LogP contribution >= 0.6 is 15.9 Å². The highest BCUT2D eigenvalue weighted by Gasteiger charge is 2.35. The topological polar surface area (TPSA) is 83.8 Å². The summed E-state index contributed by atoms with van der Waals surface area (Å²) in [6, 6.07) is 3.08. The molecule has 0 saturated heterocycles. The van der Waals surface area contributed by atoms with Crippen molar-refractivity contribution in [1.82, 2.24) is 0 Å². The van der Waals surface area contributed by atoms with E-state index in [1.165, 1.54) is 0 Å². The summed E-state index contributed by atoms with van der Waals surface area (Å²) in [5.41, 5.74) is -1.04. The molecule has 1 aromatic rings. The van der Waals surface area contributed by atoms with Crippen LogP contribution in [-0.2, 0) is 4.79 Å². The zero-order valence-electron chi connectivity index (χ0n) is 10.4. The zero-order valence-corrected chi connectivity index (χ0v) is 11.9. The van der Waals surface area contributed by atoms with E-state index in [4.69, 9.17) is 5.11 Å². The van der Waals surface area contributed by atoms with Crippen LogP contribution in [0.5, 0.6) is 5.75 Å². The Morgan fingerprint density at radius 3 is 2.43 bits per heavy atom. The molecule has 0 spiro atoms. The number of aliphatic hydroxyl groups is 1. The van der Waals surface area contributed by atoms with Crippen molar-refractivity contribution in [3.63, 3.8) is 0 Å². The number of carboxylic acids is 1. The first-order valence-electron chi connectivity index (χ1n) is 5.56. The Morgan fingerprint density at radius 1 is 1.33 bits per heavy atom. The Bertz CT molecular complexity index is 544. The maximum atomic E-state index is 12.3. The number of aliphatic hydroxyl groups excluding tert-OH is 1. The molecule has 0 amide bonds. The Kier molecular flexibility index (Phi) is 5.73. The van der Waals surface area contributed by atoms with Gasteiger partial charge in [-0.05, 0) is 6.07 Å². The summed E-state index contributed by atoms with van der Waals surface area (Å²) in [6.45, 7) is 0. The highest BCUT2D eigenvalue weighted by molar-refractivity contribution is 9.09. The highest BCUT2D eigenvalue weighted by Crippen LogP contribution is 2.33. The molecule has 0 aliphatic rings. The number of ketones is 1. The number of carbonyl (C=O) groups excluding carboxylic acids is 1. The quantitative estimate of drug-likeness (QED) is 0.594. The van der Waals surface area contributed by atoms with Crippen LogP contribution in [0.3, 0.4) is 0 Å². The number of carboxylic acid groups (broad SMARTS) is 1. The van der Waals surface area contributed by atoms with E-state index >= 15 is 0 Å². The van der Waals surface area contributed by atoms with Gasteiger partial charge in [0.1, 0.15) is 5.75 Å². The average molecular weight is 371 g/mol. The Balaban J connectivity index is 3.40. The van der Waals surface area contributed by atoms with Gasteiger partial charge in [-0.3, -0.25) is 4.79 Å². The molecule has 21 heavy (non-hydrogen) atoms.